The maximum atomic E-state index is 13.3. The third-order valence-corrected chi connectivity index (χ3v) is 6.17. The van der Waals surface area contributed by atoms with Gasteiger partial charge in [0.25, 0.3) is 5.91 Å². The van der Waals surface area contributed by atoms with Crippen LogP contribution in [0.25, 0.3) is 0 Å². The summed E-state index contributed by atoms with van der Waals surface area (Å²) < 4.78 is 13.3. The maximum absolute atomic E-state index is 13.3. The molecule has 152 valence electrons. The SMILES string of the molecule is CC1CCCCC12NC(=O)N(CC(=O)NC(C)(C)c1ccc(F)cc1Cl)C2=O. The van der Waals surface area contributed by atoms with E-state index in [1.807, 2.05) is 6.92 Å². The van der Waals surface area contributed by atoms with Crippen LogP contribution in [0.5, 0.6) is 0 Å². The average molecular weight is 410 g/mol. The molecule has 2 fully saturated rings. The Balaban J connectivity index is 1.72. The Morgan fingerprint density at radius 2 is 2.11 bits per heavy atom. The molecule has 0 bridgehead atoms. The van der Waals surface area contributed by atoms with E-state index in [0.717, 1.165) is 24.2 Å². The molecule has 2 unspecified atom stereocenters. The molecular weight excluding hydrogens is 385 g/mol. The summed E-state index contributed by atoms with van der Waals surface area (Å²) >= 11 is 6.11. The fourth-order valence-corrected chi connectivity index (χ4v) is 4.64. The molecule has 2 atom stereocenters. The normalized spacial score (nSPS) is 25.2. The average Bonchev–Trinajstić information content (AvgIpc) is 2.82. The van der Waals surface area contributed by atoms with Crippen LogP contribution in [-0.4, -0.2) is 34.8 Å². The van der Waals surface area contributed by atoms with Crippen LogP contribution in [0.15, 0.2) is 18.2 Å². The first-order valence-electron chi connectivity index (χ1n) is 9.47. The van der Waals surface area contributed by atoms with Crippen molar-refractivity contribution in [3.05, 3.63) is 34.6 Å². The van der Waals surface area contributed by atoms with Crippen molar-refractivity contribution in [3.8, 4) is 0 Å². The number of benzene rings is 1. The first-order chi connectivity index (χ1) is 13.1. The van der Waals surface area contributed by atoms with E-state index < -0.39 is 28.8 Å². The zero-order valence-corrected chi connectivity index (χ0v) is 17.0. The van der Waals surface area contributed by atoms with Gasteiger partial charge in [0.15, 0.2) is 0 Å². The predicted molar refractivity (Wildman–Crippen MR) is 103 cm³/mol. The van der Waals surface area contributed by atoms with Gasteiger partial charge in [-0.3, -0.25) is 14.5 Å². The Labute approximate surface area is 168 Å². The van der Waals surface area contributed by atoms with Crippen LogP contribution in [0.2, 0.25) is 5.02 Å². The van der Waals surface area contributed by atoms with Crippen LogP contribution in [0.1, 0.15) is 52.0 Å². The topological polar surface area (TPSA) is 78.5 Å². The van der Waals surface area contributed by atoms with Gasteiger partial charge in [-0.05, 0) is 50.3 Å². The molecule has 1 aliphatic heterocycles. The van der Waals surface area contributed by atoms with Gasteiger partial charge < -0.3 is 10.6 Å². The largest absolute Gasteiger partial charge is 0.346 e. The van der Waals surface area contributed by atoms with Crippen molar-refractivity contribution in [3.63, 3.8) is 0 Å². The quantitative estimate of drug-likeness (QED) is 0.748. The standard InChI is InChI=1S/C20H25ClFN3O3/c1-12-6-4-5-9-20(12)17(27)25(18(28)24-20)11-16(26)23-19(2,3)14-8-7-13(22)10-15(14)21/h7-8,10,12H,4-6,9,11H2,1-3H3,(H,23,26)(H,24,28). The number of carbonyl (C=O) groups excluding carboxylic acids is 3. The number of nitrogens with one attached hydrogen (secondary N) is 2. The summed E-state index contributed by atoms with van der Waals surface area (Å²) in [5.41, 5.74) is -1.26. The summed E-state index contributed by atoms with van der Waals surface area (Å²) in [5, 5.41) is 5.80. The van der Waals surface area contributed by atoms with Crippen molar-refractivity contribution in [2.45, 2.75) is 57.5 Å². The second-order valence-corrected chi connectivity index (χ2v) is 8.64. The van der Waals surface area contributed by atoms with Gasteiger partial charge in [0, 0.05) is 5.02 Å². The van der Waals surface area contributed by atoms with Crippen molar-refractivity contribution in [1.29, 1.82) is 0 Å². The number of imide groups is 1. The molecular formula is C20H25ClFN3O3. The summed E-state index contributed by atoms with van der Waals surface area (Å²) in [4.78, 5) is 39.0. The van der Waals surface area contributed by atoms with Crippen molar-refractivity contribution in [2.75, 3.05) is 6.54 Å². The molecule has 8 heteroatoms. The van der Waals surface area contributed by atoms with Crippen LogP contribution in [0.4, 0.5) is 9.18 Å². The number of carbonyl (C=O) groups is 3. The lowest BCUT2D eigenvalue weighted by Crippen LogP contribution is -2.54. The molecule has 1 heterocycles. The molecule has 6 nitrogen and oxygen atoms in total. The number of nitrogens with zero attached hydrogens (tertiary/aromatic N) is 1. The first kappa shape index (κ1) is 20.6. The fraction of sp³-hybridized carbons (Fsp3) is 0.550. The predicted octanol–water partition coefficient (Wildman–Crippen LogP) is 3.33. The molecule has 1 aliphatic carbocycles. The third-order valence-electron chi connectivity index (χ3n) is 5.86. The van der Waals surface area contributed by atoms with Crippen LogP contribution in [0.3, 0.4) is 0 Å². The van der Waals surface area contributed by atoms with E-state index in [-0.39, 0.29) is 23.4 Å². The van der Waals surface area contributed by atoms with Gasteiger partial charge in [-0.15, -0.1) is 0 Å². The van der Waals surface area contributed by atoms with Crippen LogP contribution in [-0.2, 0) is 15.1 Å². The summed E-state index contributed by atoms with van der Waals surface area (Å²) in [7, 11) is 0. The highest BCUT2D eigenvalue weighted by atomic mass is 35.5. The summed E-state index contributed by atoms with van der Waals surface area (Å²) in [5.74, 6) is -1.27. The summed E-state index contributed by atoms with van der Waals surface area (Å²) in [6.45, 7) is 5.03. The van der Waals surface area contributed by atoms with Gasteiger partial charge in [0.05, 0.1) is 5.54 Å². The van der Waals surface area contributed by atoms with Crippen molar-refractivity contribution >= 4 is 29.4 Å². The molecule has 2 aliphatic rings. The minimum atomic E-state index is -0.906. The molecule has 3 rings (SSSR count). The first-order valence-corrected chi connectivity index (χ1v) is 9.85. The smallest absolute Gasteiger partial charge is 0.325 e. The van der Waals surface area contributed by atoms with E-state index in [1.165, 1.54) is 18.2 Å². The third kappa shape index (κ3) is 3.60. The van der Waals surface area contributed by atoms with Gasteiger partial charge in [-0.2, -0.15) is 0 Å². The van der Waals surface area contributed by atoms with Crippen LogP contribution >= 0.6 is 11.6 Å². The fourth-order valence-electron chi connectivity index (χ4n) is 4.23. The Morgan fingerprint density at radius 3 is 2.75 bits per heavy atom. The number of rotatable bonds is 4. The van der Waals surface area contributed by atoms with Gasteiger partial charge in [0.2, 0.25) is 5.91 Å². The molecule has 1 aromatic carbocycles. The highest BCUT2D eigenvalue weighted by Crippen LogP contribution is 2.38. The molecule has 1 aromatic rings. The number of urea groups is 1. The van der Waals surface area contributed by atoms with Gasteiger partial charge in [0.1, 0.15) is 17.9 Å². The zero-order chi connectivity index (χ0) is 20.7. The van der Waals surface area contributed by atoms with E-state index in [9.17, 15) is 18.8 Å². The second kappa shape index (κ2) is 7.35. The van der Waals surface area contributed by atoms with E-state index in [4.69, 9.17) is 11.6 Å². The number of hydrogen-bond acceptors (Lipinski definition) is 3. The Morgan fingerprint density at radius 1 is 1.39 bits per heavy atom. The molecule has 1 saturated carbocycles. The van der Waals surface area contributed by atoms with E-state index in [0.29, 0.717) is 12.0 Å². The molecule has 2 N–H and O–H groups in total. The van der Waals surface area contributed by atoms with Gasteiger partial charge >= 0.3 is 6.03 Å². The zero-order valence-electron chi connectivity index (χ0n) is 16.3. The Bertz CT molecular complexity index is 829. The van der Waals surface area contributed by atoms with Crippen molar-refractivity contribution in [2.24, 2.45) is 5.92 Å². The van der Waals surface area contributed by atoms with E-state index in [2.05, 4.69) is 10.6 Å². The van der Waals surface area contributed by atoms with Crippen LogP contribution in [0, 0.1) is 11.7 Å². The van der Waals surface area contributed by atoms with Crippen LogP contribution < -0.4 is 10.6 Å². The lowest BCUT2D eigenvalue weighted by Gasteiger charge is -2.36. The minimum Gasteiger partial charge on any atom is -0.346 e. The summed E-state index contributed by atoms with van der Waals surface area (Å²) in [6, 6.07) is 3.41. The minimum absolute atomic E-state index is 0.0280. The van der Waals surface area contributed by atoms with Gasteiger partial charge in [-0.1, -0.05) is 37.4 Å². The summed E-state index contributed by atoms with van der Waals surface area (Å²) in [6.07, 6.45) is 3.35. The molecule has 1 spiro atoms. The monoisotopic (exact) mass is 409 g/mol. The number of halogens is 2. The van der Waals surface area contributed by atoms with E-state index in [1.54, 1.807) is 13.8 Å². The number of amides is 4. The Hall–Kier alpha value is -2.15. The molecule has 0 radical (unpaired) electrons. The highest BCUT2D eigenvalue weighted by molar-refractivity contribution is 6.31. The maximum Gasteiger partial charge on any atom is 0.325 e. The Kier molecular flexibility index (Phi) is 5.40. The molecule has 1 saturated heterocycles. The van der Waals surface area contributed by atoms with Crippen molar-refractivity contribution in [1.82, 2.24) is 15.5 Å². The molecule has 0 aromatic heterocycles. The lowest BCUT2D eigenvalue weighted by molar-refractivity contribution is -0.137. The second-order valence-electron chi connectivity index (χ2n) is 8.24. The number of hydrogen-bond donors (Lipinski definition) is 2. The highest BCUT2D eigenvalue weighted by Gasteiger charge is 2.55. The lowest BCUT2D eigenvalue weighted by atomic mass is 9.73. The van der Waals surface area contributed by atoms with E-state index >= 15 is 0 Å². The molecule has 4 amide bonds. The van der Waals surface area contributed by atoms with Crippen molar-refractivity contribution < 1.29 is 18.8 Å². The molecule has 28 heavy (non-hydrogen) atoms. The van der Waals surface area contributed by atoms with Gasteiger partial charge in [-0.25, -0.2) is 9.18 Å².